The zero-order valence-corrected chi connectivity index (χ0v) is 14.5. The molecule has 0 bridgehead atoms. The molecule has 0 radical (unpaired) electrons. The molecule has 0 N–H and O–H groups in total. The molecular weight excluding hydrogens is 360 g/mol. The van der Waals surface area contributed by atoms with Crippen LogP contribution in [0.4, 0.5) is 5.82 Å². The third kappa shape index (κ3) is 2.75. The Hall–Kier alpha value is -2.51. The first kappa shape index (κ1) is 16.0. The van der Waals surface area contributed by atoms with E-state index in [9.17, 15) is 8.42 Å². The molecule has 1 aliphatic heterocycles. The SMILES string of the molecule is O=S(=O)(c1ccccc1)N1CC(c2ccnc(Cl)n2)c2cccnc21. The van der Waals surface area contributed by atoms with Crippen LogP contribution in [0.3, 0.4) is 0 Å². The third-order valence-corrected chi connectivity index (χ3v) is 6.07. The third-order valence-electron chi connectivity index (χ3n) is 4.11. The fourth-order valence-corrected chi connectivity index (χ4v) is 4.60. The number of aromatic nitrogens is 3. The van der Waals surface area contributed by atoms with Crippen molar-refractivity contribution in [1.29, 1.82) is 0 Å². The molecular formula is C17H13ClN4O2S. The Morgan fingerprint density at radius 1 is 1.00 bits per heavy atom. The van der Waals surface area contributed by atoms with Crippen LogP contribution in [0.25, 0.3) is 0 Å². The lowest BCUT2D eigenvalue weighted by Crippen LogP contribution is -2.30. The molecule has 0 spiro atoms. The maximum Gasteiger partial charge on any atom is 0.265 e. The summed E-state index contributed by atoms with van der Waals surface area (Å²) in [4.78, 5) is 12.7. The van der Waals surface area contributed by atoms with Crippen LogP contribution in [0.1, 0.15) is 17.2 Å². The zero-order chi connectivity index (χ0) is 17.4. The standard InChI is InChI=1S/C17H13ClN4O2S/c18-17-20-10-8-15(21-17)14-11-22(16-13(14)7-4-9-19-16)25(23,24)12-5-2-1-3-6-12/h1-10,14H,11H2. The van der Waals surface area contributed by atoms with Crippen molar-refractivity contribution >= 4 is 27.4 Å². The predicted octanol–water partition coefficient (Wildman–Crippen LogP) is 2.87. The molecule has 0 amide bonds. The summed E-state index contributed by atoms with van der Waals surface area (Å²) in [6.07, 6.45) is 3.15. The molecule has 126 valence electrons. The lowest BCUT2D eigenvalue weighted by molar-refractivity contribution is 0.590. The number of benzene rings is 1. The van der Waals surface area contributed by atoms with E-state index in [1.165, 1.54) is 4.31 Å². The maximum absolute atomic E-state index is 13.1. The van der Waals surface area contributed by atoms with Crippen molar-refractivity contribution in [2.24, 2.45) is 0 Å². The highest BCUT2D eigenvalue weighted by molar-refractivity contribution is 7.92. The van der Waals surface area contributed by atoms with E-state index >= 15 is 0 Å². The van der Waals surface area contributed by atoms with E-state index in [0.29, 0.717) is 11.5 Å². The smallest absolute Gasteiger partial charge is 0.248 e. The van der Waals surface area contributed by atoms with Crippen LogP contribution in [0, 0.1) is 0 Å². The molecule has 0 saturated carbocycles. The summed E-state index contributed by atoms with van der Waals surface area (Å²) >= 11 is 5.90. The number of rotatable bonds is 3. The van der Waals surface area contributed by atoms with Gasteiger partial charge in [-0.3, -0.25) is 0 Å². The Balaban J connectivity index is 1.82. The van der Waals surface area contributed by atoms with Crippen molar-refractivity contribution in [2.75, 3.05) is 10.8 Å². The second-order valence-corrected chi connectivity index (χ2v) is 7.77. The summed E-state index contributed by atoms with van der Waals surface area (Å²) in [5, 5.41) is 0.132. The van der Waals surface area contributed by atoms with Gasteiger partial charge in [-0.05, 0) is 35.9 Å². The minimum atomic E-state index is -3.71. The molecule has 1 atom stereocenters. The summed E-state index contributed by atoms with van der Waals surface area (Å²) in [5.41, 5.74) is 1.47. The molecule has 2 aromatic heterocycles. The average Bonchev–Trinajstić information content (AvgIpc) is 3.03. The van der Waals surface area contributed by atoms with Crippen LogP contribution in [0.2, 0.25) is 5.28 Å². The first-order chi connectivity index (χ1) is 12.1. The van der Waals surface area contributed by atoms with Gasteiger partial charge in [0.15, 0.2) is 0 Å². The van der Waals surface area contributed by atoms with Gasteiger partial charge in [0.05, 0.1) is 10.6 Å². The van der Waals surface area contributed by atoms with E-state index in [-0.39, 0.29) is 22.6 Å². The van der Waals surface area contributed by atoms with Gasteiger partial charge in [-0.25, -0.2) is 27.7 Å². The fraction of sp³-hybridized carbons (Fsp3) is 0.118. The molecule has 1 unspecified atom stereocenters. The average molecular weight is 373 g/mol. The van der Waals surface area contributed by atoms with Crippen LogP contribution < -0.4 is 4.31 Å². The lowest BCUT2D eigenvalue weighted by Gasteiger charge is -2.19. The van der Waals surface area contributed by atoms with Crippen LogP contribution in [-0.4, -0.2) is 29.9 Å². The van der Waals surface area contributed by atoms with Crippen LogP contribution in [0.5, 0.6) is 0 Å². The second kappa shape index (κ2) is 6.09. The Labute approximate surface area is 150 Å². The van der Waals surface area contributed by atoms with E-state index in [2.05, 4.69) is 15.0 Å². The van der Waals surface area contributed by atoms with Gasteiger partial charge in [0.1, 0.15) is 5.82 Å². The monoisotopic (exact) mass is 372 g/mol. The van der Waals surface area contributed by atoms with Gasteiger partial charge in [0.2, 0.25) is 5.28 Å². The minimum Gasteiger partial charge on any atom is -0.248 e. The van der Waals surface area contributed by atoms with Gasteiger partial charge in [-0.2, -0.15) is 0 Å². The van der Waals surface area contributed by atoms with Crippen molar-refractivity contribution in [3.05, 3.63) is 77.5 Å². The Bertz CT molecular complexity index is 1030. The second-order valence-electron chi connectivity index (χ2n) is 5.57. The van der Waals surface area contributed by atoms with Crippen molar-refractivity contribution in [3.63, 3.8) is 0 Å². The zero-order valence-electron chi connectivity index (χ0n) is 12.9. The highest BCUT2D eigenvalue weighted by Crippen LogP contribution is 2.40. The van der Waals surface area contributed by atoms with E-state index < -0.39 is 10.0 Å². The number of hydrogen-bond donors (Lipinski definition) is 0. The lowest BCUT2D eigenvalue weighted by atomic mass is 9.99. The molecule has 3 aromatic rings. The van der Waals surface area contributed by atoms with Crippen LogP contribution in [-0.2, 0) is 10.0 Å². The van der Waals surface area contributed by atoms with Crippen molar-refractivity contribution < 1.29 is 8.42 Å². The van der Waals surface area contributed by atoms with Gasteiger partial charge in [-0.15, -0.1) is 0 Å². The minimum absolute atomic E-state index is 0.132. The van der Waals surface area contributed by atoms with Crippen molar-refractivity contribution in [3.8, 4) is 0 Å². The molecule has 1 aliphatic rings. The Morgan fingerprint density at radius 3 is 2.56 bits per heavy atom. The Kier molecular flexibility index (Phi) is 3.89. The predicted molar refractivity (Wildman–Crippen MR) is 94.1 cm³/mol. The highest BCUT2D eigenvalue weighted by Gasteiger charge is 2.38. The molecule has 1 aromatic carbocycles. The van der Waals surface area contributed by atoms with Crippen molar-refractivity contribution in [2.45, 2.75) is 10.8 Å². The first-order valence-corrected chi connectivity index (χ1v) is 9.40. The molecule has 3 heterocycles. The van der Waals surface area contributed by atoms with E-state index in [1.54, 1.807) is 54.9 Å². The van der Waals surface area contributed by atoms with E-state index in [1.807, 2.05) is 6.07 Å². The van der Waals surface area contributed by atoms with Gasteiger partial charge in [0, 0.05) is 30.4 Å². The maximum atomic E-state index is 13.1. The largest absolute Gasteiger partial charge is 0.265 e. The summed E-state index contributed by atoms with van der Waals surface area (Å²) in [6, 6.07) is 13.7. The first-order valence-electron chi connectivity index (χ1n) is 7.58. The summed E-state index contributed by atoms with van der Waals surface area (Å²) < 4.78 is 27.5. The molecule has 4 rings (SSSR count). The van der Waals surface area contributed by atoms with Gasteiger partial charge in [-0.1, -0.05) is 24.3 Å². The number of fused-ring (bicyclic) bond motifs is 1. The number of hydrogen-bond acceptors (Lipinski definition) is 5. The van der Waals surface area contributed by atoms with Gasteiger partial charge >= 0.3 is 0 Å². The molecule has 6 nitrogen and oxygen atoms in total. The number of pyridine rings is 1. The quantitative estimate of drug-likeness (QED) is 0.661. The number of nitrogens with zero attached hydrogens (tertiary/aromatic N) is 4. The van der Waals surface area contributed by atoms with Crippen LogP contribution in [0.15, 0.2) is 65.8 Å². The summed E-state index contributed by atoms with van der Waals surface area (Å²) in [6.45, 7) is 0.219. The van der Waals surface area contributed by atoms with Gasteiger partial charge in [0.25, 0.3) is 10.0 Å². The topological polar surface area (TPSA) is 76.1 Å². The van der Waals surface area contributed by atoms with Crippen LogP contribution >= 0.6 is 11.6 Å². The molecule has 0 fully saturated rings. The number of anilines is 1. The van der Waals surface area contributed by atoms with E-state index in [4.69, 9.17) is 11.6 Å². The summed E-state index contributed by atoms with van der Waals surface area (Å²) in [5.74, 6) is 0.175. The normalized spacial score (nSPS) is 16.7. The fourth-order valence-electron chi connectivity index (χ4n) is 2.97. The van der Waals surface area contributed by atoms with E-state index in [0.717, 1.165) is 5.56 Å². The molecule has 25 heavy (non-hydrogen) atoms. The molecule has 8 heteroatoms. The molecule has 0 saturated heterocycles. The highest BCUT2D eigenvalue weighted by atomic mass is 35.5. The summed E-state index contributed by atoms with van der Waals surface area (Å²) in [7, 11) is -3.71. The van der Waals surface area contributed by atoms with Gasteiger partial charge < -0.3 is 0 Å². The number of halogens is 1. The van der Waals surface area contributed by atoms with Crippen molar-refractivity contribution in [1.82, 2.24) is 15.0 Å². The molecule has 0 aliphatic carbocycles. The Morgan fingerprint density at radius 2 is 1.80 bits per heavy atom. The number of sulfonamides is 1.